The molecule has 1 rings (SSSR count). The number of nitriles is 1. The Labute approximate surface area is 88.3 Å². The predicted octanol–water partition coefficient (Wildman–Crippen LogP) is 2.79. The summed E-state index contributed by atoms with van der Waals surface area (Å²) >= 11 is 5.88. The maximum absolute atomic E-state index is 8.70. The summed E-state index contributed by atoms with van der Waals surface area (Å²) in [6.45, 7) is 2.65. The molecule has 0 amide bonds. The number of unbranched alkanes of at least 4 members (excludes halogenated alkanes) is 1. The molecule has 0 fully saturated rings. The highest BCUT2D eigenvalue weighted by Gasteiger charge is 2.07. The molecule has 0 N–H and O–H groups in total. The van der Waals surface area contributed by atoms with Crippen molar-refractivity contribution >= 4 is 11.6 Å². The van der Waals surface area contributed by atoms with Crippen LogP contribution in [0.3, 0.4) is 0 Å². The molecule has 0 aromatic carbocycles. The molecule has 0 saturated carbocycles. The average Bonchev–Trinajstić information content (AvgIpc) is 2.21. The lowest BCUT2D eigenvalue weighted by Crippen LogP contribution is -1.99. The molecule has 0 aliphatic carbocycles. The van der Waals surface area contributed by atoms with Crippen molar-refractivity contribution in [1.82, 2.24) is 4.98 Å². The number of hydrogen-bond donors (Lipinski definition) is 0. The lowest BCUT2D eigenvalue weighted by molar-refractivity contribution is 0.298. The predicted molar refractivity (Wildman–Crippen MR) is 54.4 cm³/mol. The van der Waals surface area contributed by atoms with Crippen LogP contribution in [0, 0.1) is 11.3 Å². The average molecular weight is 211 g/mol. The number of ether oxygens (including phenoxy) is 1. The zero-order valence-electron chi connectivity index (χ0n) is 7.96. The van der Waals surface area contributed by atoms with E-state index in [1.54, 1.807) is 6.07 Å². The molecule has 0 bridgehead atoms. The van der Waals surface area contributed by atoms with Gasteiger partial charge in [0.15, 0.2) is 0 Å². The molecule has 0 radical (unpaired) electrons. The van der Waals surface area contributed by atoms with E-state index in [-0.39, 0.29) is 0 Å². The number of aromatic nitrogens is 1. The topological polar surface area (TPSA) is 45.9 Å². The van der Waals surface area contributed by atoms with Crippen molar-refractivity contribution in [3.05, 3.63) is 22.8 Å². The van der Waals surface area contributed by atoms with Crippen molar-refractivity contribution in [2.75, 3.05) is 6.61 Å². The zero-order valence-corrected chi connectivity index (χ0v) is 8.71. The van der Waals surface area contributed by atoms with Crippen molar-refractivity contribution < 1.29 is 4.74 Å². The van der Waals surface area contributed by atoms with Crippen LogP contribution in [0.5, 0.6) is 5.88 Å². The highest BCUT2D eigenvalue weighted by Crippen LogP contribution is 2.24. The molecule has 74 valence electrons. The van der Waals surface area contributed by atoms with Crippen molar-refractivity contribution in [3.8, 4) is 11.9 Å². The van der Waals surface area contributed by atoms with Gasteiger partial charge in [0.2, 0.25) is 5.88 Å². The van der Waals surface area contributed by atoms with Gasteiger partial charge in [-0.2, -0.15) is 5.26 Å². The van der Waals surface area contributed by atoms with E-state index in [0.29, 0.717) is 23.1 Å². The third kappa shape index (κ3) is 2.61. The fraction of sp³-hybridized carbons (Fsp3) is 0.400. The van der Waals surface area contributed by atoms with Gasteiger partial charge in [-0.05, 0) is 12.5 Å². The SMILES string of the molecule is CCCCOc1nccc(C#N)c1Cl. The van der Waals surface area contributed by atoms with Gasteiger partial charge >= 0.3 is 0 Å². The van der Waals surface area contributed by atoms with E-state index in [4.69, 9.17) is 21.6 Å². The van der Waals surface area contributed by atoms with Gasteiger partial charge in [0.25, 0.3) is 0 Å². The number of rotatable bonds is 4. The van der Waals surface area contributed by atoms with E-state index in [1.165, 1.54) is 6.20 Å². The van der Waals surface area contributed by atoms with Crippen LogP contribution in [0.2, 0.25) is 5.02 Å². The summed E-state index contributed by atoms with van der Waals surface area (Å²) < 4.78 is 5.33. The van der Waals surface area contributed by atoms with E-state index in [1.807, 2.05) is 6.07 Å². The van der Waals surface area contributed by atoms with Crippen molar-refractivity contribution in [1.29, 1.82) is 5.26 Å². The maximum atomic E-state index is 8.70. The highest BCUT2D eigenvalue weighted by molar-refractivity contribution is 6.32. The molecular formula is C10H11ClN2O. The molecule has 0 spiro atoms. The summed E-state index contributed by atoms with van der Waals surface area (Å²) in [6.07, 6.45) is 3.52. The minimum Gasteiger partial charge on any atom is -0.477 e. The van der Waals surface area contributed by atoms with Gasteiger partial charge in [0, 0.05) is 6.20 Å². The summed E-state index contributed by atoms with van der Waals surface area (Å²) in [5.74, 6) is 0.346. The number of pyridine rings is 1. The van der Waals surface area contributed by atoms with E-state index >= 15 is 0 Å². The Hall–Kier alpha value is -1.27. The fourth-order valence-corrected chi connectivity index (χ4v) is 1.13. The first kappa shape index (κ1) is 10.8. The number of halogens is 1. The molecule has 0 saturated heterocycles. The molecule has 0 atom stereocenters. The number of hydrogen-bond acceptors (Lipinski definition) is 3. The molecule has 0 unspecified atom stereocenters. The fourth-order valence-electron chi connectivity index (χ4n) is 0.925. The van der Waals surface area contributed by atoms with E-state index in [0.717, 1.165) is 12.8 Å². The minimum absolute atomic E-state index is 0.297. The number of nitrogens with zero attached hydrogens (tertiary/aromatic N) is 2. The van der Waals surface area contributed by atoms with Crippen molar-refractivity contribution in [2.24, 2.45) is 0 Å². The Bertz CT molecular complexity index is 346. The molecule has 3 nitrogen and oxygen atoms in total. The van der Waals surface area contributed by atoms with Crippen LogP contribution in [0.1, 0.15) is 25.3 Å². The highest BCUT2D eigenvalue weighted by atomic mass is 35.5. The van der Waals surface area contributed by atoms with Crippen molar-refractivity contribution in [3.63, 3.8) is 0 Å². The molecule has 4 heteroatoms. The normalized spacial score (nSPS) is 9.50. The van der Waals surface area contributed by atoms with Crippen LogP contribution < -0.4 is 4.74 Å². The Morgan fingerprint density at radius 2 is 2.43 bits per heavy atom. The van der Waals surface area contributed by atoms with Crippen LogP contribution in [0.4, 0.5) is 0 Å². The second kappa shape index (κ2) is 5.46. The second-order valence-electron chi connectivity index (χ2n) is 2.79. The van der Waals surface area contributed by atoms with Crippen LogP contribution >= 0.6 is 11.6 Å². The summed E-state index contributed by atoms with van der Waals surface area (Å²) in [5.41, 5.74) is 0.396. The molecule has 14 heavy (non-hydrogen) atoms. The lowest BCUT2D eigenvalue weighted by Gasteiger charge is -2.05. The third-order valence-electron chi connectivity index (χ3n) is 1.71. The van der Waals surface area contributed by atoms with Gasteiger partial charge in [0.1, 0.15) is 11.1 Å². The Morgan fingerprint density at radius 3 is 3.07 bits per heavy atom. The van der Waals surface area contributed by atoms with Gasteiger partial charge in [0.05, 0.1) is 12.2 Å². The Kier molecular flexibility index (Phi) is 4.21. The Morgan fingerprint density at radius 1 is 1.64 bits per heavy atom. The van der Waals surface area contributed by atoms with E-state index in [2.05, 4.69) is 11.9 Å². The van der Waals surface area contributed by atoms with Gasteiger partial charge in [-0.3, -0.25) is 0 Å². The first-order valence-corrected chi connectivity index (χ1v) is 4.84. The van der Waals surface area contributed by atoms with Gasteiger partial charge in [-0.25, -0.2) is 4.98 Å². The van der Waals surface area contributed by atoms with Gasteiger partial charge in [-0.15, -0.1) is 0 Å². The summed E-state index contributed by atoms with van der Waals surface area (Å²) in [5, 5.41) is 8.99. The maximum Gasteiger partial charge on any atom is 0.233 e. The summed E-state index contributed by atoms with van der Waals surface area (Å²) in [7, 11) is 0. The monoisotopic (exact) mass is 210 g/mol. The molecule has 0 aliphatic rings. The molecule has 0 aliphatic heterocycles. The first-order chi connectivity index (χ1) is 6.79. The largest absolute Gasteiger partial charge is 0.477 e. The van der Waals surface area contributed by atoms with Gasteiger partial charge in [-0.1, -0.05) is 24.9 Å². The van der Waals surface area contributed by atoms with Crippen molar-refractivity contribution in [2.45, 2.75) is 19.8 Å². The van der Waals surface area contributed by atoms with Crippen LogP contribution in [0.25, 0.3) is 0 Å². The molecule has 1 aromatic heterocycles. The summed E-state index contributed by atoms with van der Waals surface area (Å²) in [4.78, 5) is 3.95. The Balaban J connectivity index is 2.73. The smallest absolute Gasteiger partial charge is 0.233 e. The molecule has 1 heterocycles. The quantitative estimate of drug-likeness (QED) is 0.718. The standard InChI is InChI=1S/C10H11ClN2O/c1-2-3-6-14-10-9(11)8(7-12)4-5-13-10/h4-5H,2-3,6H2,1H3. The first-order valence-electron chi connectivity index (χ1n) is 4.47. The zero-order chi connectivity index (χ0) is 10.4. The minimum atomic E-state index is 0.297. The van der Waals surface area contributed by atoms with E-state index in [9.17, 15) is 0 Å². The summed E-state index contributed by atoms with van der Waals surface area (Å²) in [6, 6.07) is 3.54. The van der Waals surface area contributed by atoms with E-state index < -0.39 is 0 Å². The van der Waals surface area contributed by atoms with Crippen LogP contribution in [-0.4, -0.2) is 11.6 Å². The third-order valence-corrected chi connectivity index (χ3v) is 2.08. The second-order valence-corrected chi connectivity index (χ2v) is 3.17. The lowest BCUT2D eigenvalue weighted by atomic mass is 10.3. The van der Waals surface area contributed by atoms with Gasteiger partial charge < -0.3 is 4.74 Å². The van der Waals surface area contributed by atoms with Crippen LogP contribution in [0.15, 0.2) is 12.3 Å². The molecular weight excluding hydrogens is 200 g/mol. The van der Waals surface area contributed by atoms with Crippen LogP contribution in [-0.2, 0) is 0 Å². The molecule has 1 aromatic rings.